The molecule has 1 aromatic rings. The molecule has 2 aliphatic rings. The van der Waals surface area contributed by atoms with Crippen molar-refractivity contribution in [2.75, 3.05) is 0 Å². The van der Waals surface area contributed by atoms with Crippen molar-refractivity contribution < 1.29 is 4.79 Å². The van der Waals surface area contributed by atoms with Crippen LogP contribution in [0, 0.1) is 0 Å². The zero-order chi connectivity index (χ0) is 11.7. The van der Waals surface area contributed by atoms with Crippen molar-refractivity contribution in [1.82, 2.24) is 10.6 Å². The van der Waals surface area contributed by atoms with Crippen molar-refractivity contribution >= 4 is 5.91 Å². The molecule has 1 spiro atoms. The van der Waals surface area contributed by atoms with Crippen LogP contribution in [0.3, 0.4) is 0 Å². The maximum atomic E-state index is 12.1. The van der Waals surface area contributed by atoms with Crippen molar-refractivity contribution in [3.8, 4) is 0 Å². The van der Waals surface area contributed by atoms with Gasteiger partial charge in [0.25, 0.3) is 0 Å². The Morgan fingerprint density at radius 1 is 1.06 bits per heavy atom. The van der Waals surface area contributed by atoms with Crippen LogP contribution in [-0.2, 0) is 4.79 Å². The Balaban J connectivity index is 1.82. The predicted octanol–water partition coefficient (Wildman–Crippen LogP) is 2.11. The molecule has 0 radical (unpaired) electrons. The van der Waals surface area contributed by atoms with Crippen molar-refractivity contribution in [3.05, 3.63) is 35.9 Å². The zero-order valence-corrected chi connectivity index (χ0v) is 9.91. The first kappa shape index (κ1) is 10.8. The molecule has 0 aromatic heterocycles. The number of carbonyl (C=O) groups excluding carboxylic acids is 1. The quantitative estimate of drug-likeness (QED) is 0.775. The normalized spacial score (nSPS) is 27.1. The Morgan fingerprint density at radius 2 is 1.76 bits per heavy atom. The zero-order valence-electron chi connectivity index (χ0n) is 9.91. The van der Waals surface area contributed by atoms with Crippen LogP contribution in [-0.4, -0.2) is 11.6 Å². The third-order valence-electron chi connectivity index (χ3n) is 3.89. The van der Waals surface area contributed by atoms with Gasteiger partial charge in [0.1, 0.15) is 6.04 Å². The van der Waals surface area contributed by atoms with Crippen molar-refractivity contribution in [2.24, 2.45) is 0 Å². The third-order valence-corrected chi connectivity index (χ3v) is 3.89. The van der Waals surface area contributed by atoms with Gasteiger partial charge in [-0.25, -0.2) is 0 Å². The van der Waals surface area contributed by atoms with Gasteiger partial charge in [-0.15, -0.1) is 0 Å². The van der Waals surface area contributed by atoms with Gasteiger partial charge in [0.05, 0.1) is 5.66 Å². The highest BCUT2D eigenvalue weighted by Gasteiger charge is 2.44. The fraction of sp³-hybridized carbons (Fsp3) is 0.500. The summed E-state index contributed by atoms with van der Waals surface area (Å²) in [5.41, 5.74) is 0.933. The molecule has 1 aliphatic carbocycles. The summed E-state index contributed by atoms with van der Waals surface area (Å²) in [5.74, 6) is 0.123. The number of hydrogen-bond donors (Lipinski definition) is 2. The van der Waals surface area contributed by atoms with E-state index in [0.29, 0.717) is 0 Å². The van der Waals surface area contributed by atoms with E-state index < -0.39 is 0 Å². The Bertz CT molecular complexity index is 409. The van der Waals surface area contributed by atoms with Crippen LogP contribution in [0.25, 0.3) is 0 Å². The lowest BCUT2D eigenvalue weighted by Gasteiger charge is -2.33. The average molecular weight is 230 g/mol. The van der Waals surface area contributed by atoms with E-state index >= 15 is 0 Å². The summed E-state index contributed by atoms with van der Waals surface area (Å²) in [4.78, 5) is 12.1. The highest BCUT2D eigenvalue weighted by Crippen LogP contribution is 2.33. The summed E-state index contributed by atoms with van der Waals surface area (Å²) in [5, 5.41) is 6.68. The van der Waals surface area contributed by atoms with Crippen LogP contribution in [0.1, 0.15) is 43.7 Å². The molecular formula is C14H18N2O. The summed E-state index contributed by atoms with van der Waals surface area (Å²) in [6.07, 6.45) is 5.81. The van der Waals surface area contributed by atoms with Gasteiger partial charge in [-0.05, 0) is 31.2 Å². The molecule has 0 unspecified atom stereocenters. The number of benzene rings is 1. The van der Waals surface area contributed by atoms with E-state index in [9.17, 15) is 4.79 Å². The van der Waals surface area contributed by atoms with E-state index in [-0.39, 0.29) is 17.6 Å². The first-order valence-corrected chi connectivity index (χ1v) is 6.44. The molecule has 1 amide bonds. The van der Waals surface area contributed by atoms with E-state index in [1.807, 2.05) is 30.3 Å². The highest BCUT2D eigenvalue weighted by molar-refractivity contribution is 5.86. The fourth-order valence-corrected chi connectivity index (χ4v) is 2.99. The molecule has 3 rings (SSSR count). The molecule has 1 saturated heterocycles. The fourth-order valence-electron chi connectivity index (χ4n) is 2.99. The van der Waals surface area contributed by atoms with Gasteiger partial charge >= 0.3 is 0 Å². The second-order valence-electron chi connectivity index (χ2n) is 5.12. The molecule has 17 heavy (non-hydrogen) atoms. The molecule has 1 saturated carbocycles. The third kappa shape index (κ3) is 1.95. The number of rotatable bonds is 1. The maximum Gasteiger partial charge on any atom is 0.243 e. The molecule has 3 nitrogen and oxygen atoms in total. The van der Waals surface area contributed by atoms with Crippen molar-refractivity contribution in [2.45, 2.75) is 43.8 Å². The lowest BCUT2D eigenvalue weighted by molar-refractivity contribution is -0.121. The molecule has 2 fully saturated rings. The van der Waals surface area contributed by atoms with Crippen molar-refractivity contribution in [1.29, 1.82) is 0 Å². The number of hydrogen-bond acceptors (Lipinski definition) is 2. The van der Waals surface area contributed by atoms with E-state index in [1.165, 1.54) is 19.3 Å². The van der Waals surface area contributed by atoms with Crippen LogP contribution in [0.15, 0.2) is 30.3 Å². The van der Waals surface area contributed by atoms with Gasteiger partial charge < -0.3 is 5.32 Å². The van der Waals surface area contributed by atoms with Crippen LogP contribution >= 0.6 is 0 Å². The molecule has 1 aromatic carbocycles. The Morgan fingerprint density at radius 3 is 2.47 bits per heavy atom. The summed E-state index contributed by atoms with van der Waals surface area (Å²) in [6, 6.07) is 9.80. The van der Waals surface area contributed by atoms with E-state index in [4.69, 9.17) is 0 Å². The van der Waals surface area contributed by atoms with Gasteiger partial charge in [-0.1, -0.05) is 36.8 Å². The molecule has 90 valence electrons. The predicted molar refractivity (Wildman–Crippen MR) is 66.3 cm³/mol. The molecule has 0 bridgehead atoms. The second kappa shape index (κ2) is 4.15. The Labute approximate surface area is 102 Å². The molecule has 3 heteroatoms. The highest BCUT2D eigenvalue weighted by atomic mass is 16.2. The minimum absolute atomic E-state index is 0.123. The summed E-state index contributed by atoms with van der Waals surface area (Å²) in [7, 11) is 0. The van der Waals surface area contributed by atoms with Crippen molar-refractivity contribution in [3.63, 3.8) is 0 Å². The number of nitrogens with one attached hydrogen (secondary N) is 2. The van der Waals surface area contributed by atoms with E-state index in [2.05, 4.69) is 10.6 Å². The average Bonchev–Trinajstić information content (AvgIpc) is 2.68. The standard InChI is InChI=1S/C14H18N2O/c17-13-12(11-7-3-1-4-8-11)15-14(16-13)9-5-2-6-10-14/h1,3-4,7-8,12,15H,2,5-6,9-10H2,(H,16,17)/t12-/m0/s1. The second-order valence-corrected chi connectivity index (χ2v) is 5.12. The first-order chi connectivity index (χ1) is 8.29. The Hall–Kier alpha value is -1.35. The number of carbonyl (C=O) groups is 1. The molecule has 1 atom stereocenters. The van der Waals surface area contributed by atoms with E-state index in [1.54, 1.807) is 0 Å². The largest absolute Gasteiger partial charge is 0.336 e. The molecular weight excluding hydrogens is 212 g/mol. The smallest absolute Gasteiger partial charge is 0.243 e. The lowest BCUT2D eigenvalue weighted by Crippen LogP contribution is -2.51. The van der Waals surface area contributed by atoms with Gasteiger partial charge in [0.15, 0.2) is 0 Å². The maximum absolute atomic E-state index is 12.1. The van der Waals surface area contributed by atoms with E-state index in [0.717, 1.165) is 18.4 Å². The Kier molecular flexibility index (Phi) is 2.63. The monoisotopic (exact) mass is 230 g/mol. The van der Waals surface area contributed by atoms with Crippen LogP contribution < -0.4 is 10.6 Å². The minimum Gasteiger partial charge on any atom is -0.336 e. The summed E-state index contributed by atoms with van der Waals surface area (Å²) >= 11 is 0. The van der Waals surface area contributed by atoms with Gasteiger partial charge in [-0.3, -0.25) is 10.1 Å². The summed E-state index contributed by atoms with van der Waals surface area (Å²) < 4.78 is 0. The van der Waals surface area contributed by atoms with Crippen LogP contribution in [0.5, 0.6) is 0 Å². The topological polar surface area (TPSA) is 41.1 Å². The van der Waals surface area contributed by atoms with Crippen LogP contribution in [0.2, 0.25) is 0 Å². The van der Waals surface area contributed by atoms with Gasteiger partial charge in [0.2, 0.25) is 5.91 Å². The first-order valence-electron chi connectivity index (χ1n) is 6.44. The minimum atomic E-state index is -0.172. The van der Waals surface area contributed by atoms with Crippen LogP contribution in [0.4, 0.5) is 0 Å². The molecule has 1 aliphatic heterocycles. The molecule has 1 heterocycles. The van der Waals surface area contributed by atoms with Gasteiger partial charge in [0, 0.05) is 0 Å². The van der Waals surface area contributed by atoms with Gasteiger partial charge in [-0.2, -0.15) is 0 Å². The summed E-state index contributed by atoms with van der Waals surface area (Å²) in [6.45, 7) is 0. The molecule has 2 N–H and O–H groups in total. The number of amides is 1. The lowest BCUT2D eigenvalue weighted by atomic mass is 9.89. The SMILES string of the molecule is O=C1NC2(CCCCC2)N[C@H]1c1ccccc1.